The van der Waals surface area contributed by atoms with Crippen LogP contribution in [0.25, 0.3) is 0 Å². The Hall–Kier alpha value is -1.98. The summed E-state index contributed by atoms with van der Waals surface area (Å²) >= 11 is 0. The van der Waals surface area contributed by atoms with Gasteiger partial charge in [0.2, 0.25) is 0 Å². The Balaban J connectivity index is 0.00000784. The van der Waals surface area contributed by atoms with E-state index in [1.54, 1.807) is 13.1 Å². The number of carbonyl (C=O) groups excluding carboxylic acids is 2. The predicted molar refractivity (Wildman–Crippen MR) is 124 cm³/mol. The van der Waals surface area contributed by atoms with Gasteiger partial charge in [0.05, 0.1) is 6.54 Å². The number of hydrogen-bond acceptors (Lipinski definition) is 5. The van der Waals surface area contributed by atoms with Gasteiger partial charge in [-0.05, 0) is 39.3 Å². The Labute approximate surface area is 189 Å². The number of rotatable bonds is 9. The van der Waals surface area contributed by atoms with Crippen LogP contribution in [0.4, 0.5) is 4.79 Å². The minimum atomic E-state index is -0.610. The van der Waals surface area contributed by atoms with Gasteiger partial charge >= 0.3 is 6.09 Å². The third kappa shape index (κ3) is 11.6. The van der Waals surface area contributed by atoms with Crippen LogP contribution >= 0.6 is 24.0 Å². The highest BCUT2D eigenvalue weighted by Crippen LogP contribution is 2.08. The molecule has 0 aliphatic carbocycles. The second kappa shape index (κ2) is 13.3. The van der Waals surface area contributed by atoms with Gasteiger partial charge in [0.25, 0.3) is 5.91 Å². The molecule has 0 bridgehead atoms. The monoisotopic (exact) mass is 523 g/mol. The Morgan fingerprint density at radius 3 is 2.48 bits per heavy atom. The number of alkyl carbamates (subject to hydrolysis) is 1. The van der Waals surface area contributed by atoms with Crippen LogP contribution in [0.2, 0.25) is 0 Å². The average Bonchev–Trinajstić information content (AvgIpc) is 3.08. The van der Waals surface area contributed by atoms with Crippen molar-refractivity contribution < 1.29 is 18.7 Å². The van der Waals surface area contributed by atoms with Crippen molar-refractivity contribution in [2.45, 2.75) is 65.1 Å². The number of unbranched alkanes of at least 4 members (excludes halogenated alkanes) is 1. The molecule has 1 unspecified atom stereocenters. The van der Waals surface area contributed by atoms with Crippen LogP contribution in [0.1, 0.15) is 63.3 Å². The fourth-order valence-corrected chi connectivity index (χ4v) is 2.36. The SMILES string of the molecule is CCCCC(CNC(=O)OC(C)(C)C)NC(=NC)NCc1ccc(C(N)=O)o1.I. The van der Waals surface area contributed by atoms with Crippen molar-refractivity contribution in [3.8, 4) is 0 Å². The molecule has 1 aromatic heterocycles. The number of ether oxygens (including phenoxy) is 1. The van der Waals surface area contributed by atoms with E-state index in [4.69, 9.17) is 14.9 Å². The van der Waals surface area contributed by atoms with Crippen LogP contribution in [-0.4, -0.2) is 43.2 Å². The molecule has 0 fully saturated rings. The zero-order valence-electron chi connectivity index (χ0n) is 17.8. The molecule has 5 N–H and O–H groups in total. The summed E-state index contributed by atoms with van der Waals surface area (Å²) in [6, 6.07) is 3.19. The minimum Gasteiger partial charge on any atom is -0.454 e. The molecular formula is C19H34IN5O4. The van der Waals surface area contributed by atoms with E-state index in [2.05, 4.69) is 27.9 Å². The molecule has 2 amide bonds. The molecular weight excluding hydrogens is 489 g/mol. The van der Waals surface area contributed by atoms with Gasteiger partial charge in [-0.25, -0.2) is 4.79 Å². The number of guanidine groups is 1. The highest BCUT2D eigenvalue weighted by atomic mass is 127. The number of nitrogens with two attached hydrogens (primary N) is 1. The number of amides is 2. The Morgan fingerprint density at radius 2 is 1.97 bits per heavy atom. The Kier molecular flexibility index (Phi) is 12.4. The number of aliphatic imine (C=N–C) groups is 1. The molecule has 166 valence electrons. The first-order chi connectivity index (χ1) is 13.1. The topological polar surface area (TPSA) is 131 Å². The number of carbonyl (C=O) groups is 2. The van der Waals surface area contributed by atoms with E-state index in [1.807, 2.05) is 20.8 Å². The highest BCUT2D eigenvalue weighted by molar-refractivity contribution is 14.0. The first kappa shape index (κ1) is 27.0. The summed E-state index contributed by atoms with van der Waals surface area (Å²) in [4.78, 5) is 27.2. The number of furan rings is 1. The zero-order valence-corrected chi connectivity index (χ0v) is 20.2. The molecule has 10 heteroatoms. The van der Waals surface area contributed by atoms with Crippen LogP contribution in [0.15, 0.2) is 21.5 Å². The smallest absolute Gasteiger partial charge is 0.407 e. The molecule has 0 spiro atoms. The lowest BCUT2D eigenvalue weighted by Gasteiger charge is -2.24. The van der Waals surface area contributed by atoms with E-state index in [1.165, 1.54) is 6.07 Å². The Bertz CT molecular complexity index is 670. The minimum absolute atomic E-state index is 0. The van der Waals surface area contributed by atoms with Crippen molar-refractivity contribution >= 4 is 41.9 Å². The molecule has 1 atom stereocenters. The van der Waals surface area contributed by atoms with Gasteiger partial charge in [-0.3, -0.25) is 9.79 Å². The van der Waals surface area contributed by atoms with Crippen molar-refractivity contribution in [3.05, 3.63) is 23.7 Å². The summed E-state index contributed by atoms with van der Waals surface area (Å²) in [7, 11) is 1.66. The average molecular weight is 523 g/mol. The maximum atomic E-state index is 11.9. The lowest BCUT2D eigenvalue weighted by atomic mass is 10.1. The maximum absolute atomic E-state index is 11.9. The molecule has 0 aliphatic rings. The van der Waals surface area contributed by atoms with Crippen molar-refractivity contribution in [3.63, 3.8) is 0 Å². The summed E-state index contributed by atoms with van der Waals surface area (Å²) < 4.78 is 10.6. The molecule has 1 aromatic rings. The first-order valence-electron chi connectivity index (χ1n) is 9.47. The fourth-order valence-electron chi connectivity index (χ4n) is 2.36. The second-order valence-electron chi connectivity index (χ2n) is 7.42. The van der Waals surface area contributed by atoms with Gasteiger partial charge in [0.15, 0.2) is 11.7 Å². The van der Waals surface area contributed by atoms with Crippen molar-refractivity contribution in [2.75, 3.05) is 13.6 Å². The number of halogens is 1. The van der Waals surface area contributed by atoms with Crippen molar-refractivity contribution in [1.29, 1.82) is 0 Å². The van der Waals surface area contributed by atoms with Gasteiger partial charge in [-0.15, -0.1) is 24.0 Å². The third-order valence-electron chi connectivity index (χ3n) is 3.70. The van der Waals surface area contributed by atoms with Crippen LogP contribution in [0.3, 0.4) is 0 Å². The zero-order chi connectivity index (χ0) is 21.2. The Morgan fingerprint density at radius 1 is 1.28 bits per heavy atom. The van der Waals surface area contributed by atoms with Crippen LogP contribution in [-0.2, 0) is 11.3 Å². The summed E-state index contributed by atoms with van der Waals surface area (Å²) in [5.74, 6) is 0.626. The molecule has 1 heterocycles. The van der Waals surface area contributed by atoms with Crippen molar-refractivity contribution in [2.24, 2.45) is 10.7 Å². The third-order valence-corrected chi connectivity index (χ3v) is 3.70. The highest BCUT2D eigenvalue weighted by Gasteiger charge is 2.18. The first-order valence-corrected chi connectivity index (χ1v) is 9.47. The molecule has 0 radical (unpaired) electrons. The molecule has 1 rings (SSSR count). The molecule has 29 heavy (non-hydrogen) atoms. The van der Waals surface area contributed by atoms with Crippen LogP contribution < -0.4 is 21.7 Å². The van der Waals surface area contributed by atoms with Crippen LogP contribution in [0, 0.1) is 0 Å². The number of nitrogens with one attached hydrogen (secondary N) is 3. The van der Waals surface area contributed by atoms with E-state index in [9.17, 15) is 9.59 Å². The van der Waals surface area contributed by atoms with E-state index in [0.29, 0.717) is 24.8 Å². The van der Waals surface area contributed by atoms with E-state index < -0.39 is 17.6 Å². The molecule has 0 aliphatic heterocycles. The van der Waals surface area contributed by atoms with E-state index in [-0.39, 0.29) is 35.8 Å². The maximum Gasteiger partial charge on any atom is 0.407 e. The fraction of sp³-hybridized carbons (Fsp3) is 0.632. The number of primary amides is 1. The van der Waals surface area contributed by atoms with Gasteiger partial charge in [-0.1, -0.05) is 19.8 Å². The molecule has 0 saturated heterocycles. The number of hydrogen-bond donors (Lipinski definition) is 4. The predicted octanol–water partition coefficient (Wildman–Crippen LogP) is 2.75. The summed E-state index contributed by atoms with van der Waals surface area (Å²) in [5.41, 5.74) is 4.64. The van der Waals surface area contributed by atoms with E-state index in [0.717, 1.165) is 19.3 Å². The van der Waals surface area contributed by atoms with Gasteiger partial charge in [0, 0.05) is 19.6 Å². The van der Waals surface area contributed by atoms with Crippen LogP contribution in [0.5, 0.6) is 0 Å². The number of nitrogens with zero attached hydrogens (tertiary/aromatic N) is 1. The molecule has 0 saturated carbocycles. The standard InChI is InChI=1S/C19H33N5O4.HI/c1-6-7-8-13(11-23-18(26)28-19(2,3)4)24-17(21-5)22-12-14-9-10-15(27-14)16(20)25;/h9-10,13H,6-8,11-12H2,1-5H3,(H2,20,25)(H,23,26)(H2,21,22,24);1H. The van der Waals surface area contributed by atoms with Gasteiger partial charge in [0.1, 0.15) is 11.4 Å². The van der Waals surface area contributed by atoms with E-state index >= 15 is 0 Å². The summed E-state index contributed by atoms with van der Waals surface area (Å²) in [6.07, 6.45) is 2.46. The second-order valence-corrected chi connectivity index (χ2v) is 7.42. The quantitative estimate of drug-likeness (QED) is 0.224. The summed E-state index contributed by atoms with van der Waals surface area (Å²) in [5, 5.41) is 9.20. The molecule has 0 aromatic carbocycles. The lowest BCUT2D eigenvalue weighted by Crippen LogP contribution is -2.48. The lowest BCUT2D eigenvalue weighted by molar-refractivity contribution is 0.0522. The van der Waals surface area contributed by atoms with Crippen molar-refractivity contribution in [1.82, 2.24) is 16.0 Å². The largest absolute Gasteiger partial charge is 0.454 e. The molecule has 9 nitrogen and oxygen atoms in total. The van der Waals surface area contributed by atoms with Gasteiger partial charge in [-0.2, -0.15) is 0 Å². The summed E-state index contributed by atoms with van der Waals surface area (Å²) in [6.45, 7) is 8.32. The van der Waals surface area contributed by atoms with Gasteiger partial charge < -0.3 is 30.8 Å². The normalized spacial score (nSPS) is 12.5.